The fourth-order valence-electron chi connectivity index (χ4n) is 3.87. The monoisotopic (exact) mass is 280 g/mol. The van der Waals surface area contributed by atoms with Crippen molar-refractivity contribution in [3.05, 3.63) is 0 Å². The Kier molecular flexibility index (Phi) is 6.34. The molecule has 2 rings (SSSR count). The van der Waals surface area contributed by atoms with Gasteiger partial charge in [0.05, 0.1) is 6.04 Å². The van der Waals surface area contributed by atoms with Gasteiger partial charge in [0.1, 0.15) is 0 Å². The van der Waals surface area contributed by atoms with Crippen LogP contribution in [0.5, 0.6) is 0 Å². The van der Waals surface area contributed by atoms with Gasteiger partial charge >= 0.3 is 0 Å². The van der Waals surface area contributed by atoms with Crippen LogP contribution in [-0.2, 0) is 4.79 Å². The van der Waals surface area contributed by atoms with Crippen molar-refractivity contribution in [2.24, 2.45) is 5.92 Å². The van der Waals surface area contributed by atoms with Gasteiger partial charge in [0.2, 0.25) is 5.91 Å². The van der Waals surface area contributed by atoms with E-state index in [0.29, 0.717) is 11.9 Å². The van der Waals surface area contributed by atoms with Gasteiger partial charge in [-0.25, -0.2) is 0 Å². The second kappa shape index (κ2) is 8.02. The van der Waals surface area contributed by atoms with E-state index in [2.05, 4.69) is 24.1 Å². The second-order valence-corrected chi connectivity index (χ2v) is 6.69. The summed E-state index contributed by atoms with van der Waals surface area (Å²) in [6, 6.07) is 0.546. The summed E-state index contributed by atoms with van der Waals surface area (Å²) >= 11 is 0. The third-order valence-corrected chi connectivity index (χ3v) is 5.19. The van der Waals surface area contributed by atoms with Crippen LogP contribution in [0, 0.1) is 5.92 Å². The van der Waals surface area contributed by atoms with E-state index in [1.165, 1.54) is 57.8 Å². The van der Waals surface area contributed by atoms with Gasteiger partial charge in [-0.2, -0.15) is 0 Å². The molecule has 1 heterocycles. The summed E-state index contributed by atoms with van der Waals surface area (Å²) in [6.45, 7) is 6.28. The summed E-state index contributed by atoms with van der Waals surface area (Å²) in [4.78, 5) is 14.7. The SMILES string of the molecule is CCC1CCCCC1NC(C)C(=O)N1CCCCCC1. The maximum Gasteiger partial charge on any atom is 0.239 e. The Morgan fingerprint density at radius 1 is 1.10 bits per heavy atom. The quantitative estimate of drug-likeness (QED) is 0.856. The molecule has 0 aromatic carbocycles. The van der Waals surface area contributed by atoms with Gasteiger partial charge in [-0.3, -0.25) is 4.79 Å². The topological polar surface area (TPSA) is 32.3 Å². The molecule has 20 heavy (non-hydrogen) atoms. The van der Waals surface area contributed by atoms with Crippen LogP contribution in [0.25, 0.3) is 0 Å². The molecule has 3 atom stereocenters. The predicted molar refractivity (Wildman–Crippen MR) is 83.7 cm³/mol. The van der Waals surface area contributed by atoms with Crippen LogP contribution in [-0.4, -0.2) is 36.0 Å². The van der Waals surface area contributed by atoms with Gasteiger partial charge in [0, 0.05) is 19.1 Å². The molecule has 3 unspecified atom stereocenters. The largest absolute Gasteiger partial charge is 0.341 e. The summed E-state index contributed by atoms with van der Waals surface area (Å²) in [5, 5.41) is 3.65. The highest BCUT2D eigenvalue weighted by molar-refractivity contribution is 5.81. The first kappa shape index (κ1) is 15.8. The Morgan fingerprint density at radius 2 is 1.75 bits per heavy atom. The Balaban J connectivity index is 1.85. The van der Waals surface area contributed by atoms with E-state index in [0.717, 1.165) is 19.0 Å². The number of carbonyl (C=O) groups excluding carboxylic acids is 1. The Bertz CT molecular complexity index is 297. The van der Waals surface area contributed by atoms with Crippen molar-refractivity contribution in [3.63, 3.8) is 0 Å². The molecule has 0 spiro atoms. The van der Waals surface area contributed by atoms with Crippen molar-refractivity contribution in [3.8, 4) is 0 Å². The summed E-state index contributed by atoms with van der Waals surface area (Å²) in [5.41, 5.74) is 0. The van der Waals surface area contributed by atoms with E-state index in [1.54, 1.807) is 0 Å². The van der Waals surface area contributed by atoms with E-state index < -0.39 is 0 Å². The lowest BCUT2D eigenvalue weighted by Gasteiger charge is -2.35. The van der Waals surface area contributed by atoms with Gasteiger partial charge < -0.3 is 10.2 Å². The molecule has 116 valence electrons. The molecule has 1 saturated heterocycles. The molecule has 1 aliphatic carbocycles. The first-order valence-corrected chi connectivity index (χ1v) is 8.77. The molecular weight excluding hydrogens is 248 g/mol. The molecule has 0 bridgehead atoms. The van der Waals surface area contributed by atoms with Crippen LogP contribution < -0.4 is 5.32 Å². The Morgan fingerprint density at radius 3 is 2.40 bits per heavy atom. The van der Waals surface area contributed by atoms with E-state index in [4.69, 9.17) is 0 Å². The van der Waals surface area contributed by atoms with Gasteiger partial charge in [-0.05, 0) is 38.5 Å². The minimum Gasteiger partial charge on any atom is -0.341 e. The van der Waals surface area contributed by atoms with Crippen molar-refractivity contribution in [2.75, 3.05) is 13.1 Å². The normalized spacial score (nSPS) is 29.8. The van der Waals surface area contributed by atoms with Crippen molar-refractivity contribution in [1.82, 2.24) is 10.2 Å². The average molecular weight is 280 g/mol. The lowest BCUT2D eigenvalue weighted by Crippen LogP contribution is -2.51. The first-order chi connectivity index (χ1) is 9.72. The fourth-order valence-corrected chi connectivity index (χ4v) is 3.87. The zero-order valence-electron chi connectivity index (χ0n) is 13.4. The number of nitrogens with one attached hydrogen (secondary N) is 1. The number of rotatable bonds is 4. The number of hydrogen-bond donors (Lipinski definition) is 1. The maximum atomic E-state index is 12.6. The predicted octanol–water partition coefficient (Wildman–Crippen LogP) is 3.34. The number of hydrogen-bond acceptors (Lipinski definition) is 2. The van der Waals surface area contributed by atoms with Gasteiger partial charge in [0.25, 0.3) is 0 Å². The zero-order valence-corrected chi connectivity index (χ0v) is 13.4. The van der Waals surface area contributed by atoms with Crippen molar-refractivity contribution < 1.29 is 4.79 Å². The summed E-state index contributed by atoms with van der Waals surface area (Å²) in [5.74, 6) is 1.09. The third-order valence-electron chi connectivity index (χ3n) is 5.19. The molecule has 1 saturated carbocycles. The molecule has 3 heteroatoms. The van der Waals surface area contributed by atoms with E-state index in [9.17, 15) is 4.79 Å². The van der Waals surface area contributed by atoms with Crippen LogP contribution >= 0.6 is 0 Å². The van der Waals surface area contributed by atoms with Crippen LogP contribution in [0.4, 0.5) is 0 Å². The minimum absolute atomic E-state index is 0.00903. The maximum absolute atomic E-state index is 12.6. The molecule has 2 fully saturated rings. The molecule has 1 N–H and O–H groups in total. The van der Waals surface area contributed by atoms with Crippen molar-refractivity contribution >= 4 is 5.91 Å². The summed E-state index contributed by atoms with van der Waals surface area (Å²) < 4.78 is 0. The highest BCUT2D eigenvalue weighted by atomic mass is 16.2. The number of nitrogens with zero attached hydrogens (tertiary/aromatic N) is 1. The lowest BCUT2D eigenvalue weighted by molar-refractivity contribution is -0.133. The first-order valence-electron chi connectivity index (χ1n) is 8.77. The average Bonchev–Trinajstić information content (AvgIpc) is 2.76. The standard InChI is InChI=1S/C17H32N2O/c1-3-15-10-6-7-11-16(15)18-14(2)17(20)19-12-8-4-5-9-13-19/h14-16,18H,3-13H2,1-2H3. The van der Waals surface area contributed by atoms with Gasteiger partial charge in [-0.1, -0.05) is 39.0 Å². The van der Waals surface area contributed by atoms with Crippen LogP contribution in [0.1, 0.15) is 71.6 Å². The summed E-state index contributed by atoms with van der Waals surface area (Å²) in [7, 11) is 0. The van der Waals surface area contributed by atoms with Crippen LogP contribution in [0.3, 0.4) is 0 Å². The van der Waals surface area contributed by atoms with Gasteiger partial charge in [-0.15, -0.1) is 0 Å². The van der Waals surface area contributed by atoms with E-state index >= 15 is 0 Å². The lowest BCUT2D eigenvalue weighted by atomic mass is 9.82. The molecule has 3 nitrogen and oxygen atoms in total. The van der Waals surface area contributed by atoms with Gasteiger partial charge in [0.15, 0.2) is 0 Å². The molecule has 2 aliphatic rings. The molecule has 0 aromatic heterocycles. The summed E-state index contributed by atoms with van der Waals surface area (Å²) in [6.07, 6.45) is 11.4. The van der Waals surface area contributed by atoms with Crippen molar-refractivity contribution in [2.45, 2.75) is 83.7 Å². The molecular formula is C17H32N2O. The minimum atomic E-state index is -0.00903. The molecule has 0 radical (unpaired) electrons. The Hall–Kier alpha value is -0.570. The highest BCUT2D eigenvalue weighted by Gasteiger charge is 2.28. The van der Waals surface area contributed by atoms with E-state index in [1.807, 2.05) is 0 Å². The molecule has 0 aromatic rings. The fraction of sp³-hybridized carbons (Fsp3) is 0.941. The Labute approximate surface area is 124 Å². The number of carbonyl (C=O) groups is 1. The molecule has 1 aliphatic heterocycles. The smallest absolute Gasteiger partial charge is 0.239 e. The van der Waals surface area contributed by atoms with Crippen LogP contribution in [0.15, 0.2) is 0 Å². The zero-order chi connectivity index (χ0) is 14.4. The second-order valence-electron chi connectivity index (χ2n) is 6.69. The third kappa shape index (κ3) is 4.21. The molecule has 1 amide bonds. The van der Waals surface area contributed by atoms with Crippen LogP contribution in [0.2, 0.25) is 0 Å². The van der Waals surface area contributed by atoms with E-state index in [-0.39, 0.29) is 6.04 Å². The highest BCUT2D eigenvalue weighted by Crippen LogP contribution is 2.27. The van der Waals surface area contributed by atoms with Crippen molar-refractivity contribution in [1.29, 1.82) is 0 Å². The number of amides is 1. The number of likely N-dealkylation sites (tertiary alicyclic amines) is 1.